The van der Waals surface area contributed by atoms with Crippen LogP contribution in [-0.2, 0) is 6.42 Å². The predicted molar refractivity (Wildman–Crippen MR) is 68.7 cm³/mol. The van der Waals surface area contributed by atoms with Crippen LogP contribution in [-0.4, -0.2) is 12.6 Å². The Hall–Kier alpha value is -1.02. The first kappa shape index (κ1) is 13.0. The zero-order valence-corrected chi connectivity index (χ0v) is 10.8. The summed E-state index contributed by atoms with van der Waals surface area (Å²) in [6.07, 6.45) is 1.13. The number of benzene rings is 1. The van der Waals surface area contributed by atoms with E-state index in [0.717, 1.165) is 12.2 Å². The van der Waals surface area contributed by atoms with Crippen LogP contribution in [0.5, 0.6) is 5.75 Å². The molecule has 0 radical (unpaired) electrons. The average Bonchev–Trinajstić information content (AvgIpc) is 2.20. The lowest BCUT2D eigenvalue weighted by Gasteiger charge is -2.27. The molecule has 0 saturated carbocycles. The molecule has 0 saturated heterocycles. The van der Waals surface area contributed by atoms with E-state index in [9.17, 15) is 0 Å². The van der Waals surface area contributed by atoms with Crippen molar-refractivity contribution in [2.45, 2.75) is 40.2 Å². The third-order valence-electron chi connectivity index (χ3n) is 2.89. The Balaban J connectivity index is 2.62. The average molecular weight is 221 g/mol. The summed E-state index contributed by atoms with van der Waals surface area (Å²) in [5, 5.41) is 0. The van der Waals surface area contributed by atoms with Crippen molar-refractivity contribution in [1.29, 1.82) is 0 Å². The molecule has 2 heteroatoms. The summed E-state index contributed by atoms with van der Waals surface area (Å²) < 4.78 is 5.88. The Morgan fingerprint density at radius 3 is 2.19 bits per heavy atom. The van der Waals surface area contributed by atoms with Crippen molar-refractivity contribution < 1.29 is 4.74 Å². The first-order valence-electron chi connectivity index (χ1n) is 5.89. The summed E-state index contributed by atoms with van der Waals surface area (Å²) in [5.41, 5.74) is 6.93. The predicted octanol–water partition coefficient (Wildman–Crippen LogP) is 3.00. The Labute approximate surface area is 98.8 Å². The van der Waals surface area contributed by atoms with Crippen molar-refractivity contribution in [2.24, 2.45) is 11.1 Å². The van der Waals surface area contributed by atoms with Gasteiger partial charge in [-0.1, -0.05) is 32.9 Å². The van der Waals surface area contributed by atoms with Crippen molar-refractivity contribution in [3.63, 3.8) is 0 Å². The molecule has 0 aromatic heterocycles. The van der Waals surface area contributed by atoms with Crippen LogP contribution in [0.4, 0.5) is 0 Å². The van der Waals surface area contributed by atoms with Crippen molar-refractivity contribution in [1.82, 2.24) is 0 Å². The monoisotopic (exact) mass is 221 g/mol. The van der Waals surface area contributed by atoms with Crippen molar-refractivity contribution >= 4 is 0 Å². The highest BCUT2D eigenvalue weighted by molar-refractivity contribution is 5.27. The zero-order chi connectivity index (χ0) is 12.2. The SMILES string of the molecule is CC(Oc1ccc(CCN)cc1)C(C)(C)C. The summed E-state index contributed by atoms with van der Waals surface area (Å²) in [6, 6.07) is 8.20. The fourth-order valence-corrected chi connectivity index (χ4v) is 1.28. The number of hydrogen-bond acceptors (Lipinski definition) is 2. The Bertz CT molecular complexity index is 311. The molecule has 0 fully saturated rings. The van der Waals surface area contributed by atoms with Gasteiger partial charge in [0.1, 0.15) is 11.9 Å². The maximum Gasteiger partial charge on any atom is 0.119 e. The van der Waals surface area contributed by atoms with E-state index in [1.807, 2.05) is 12.1 Å². The van der Waals surface area contributed by atoms with E-state index in [1.54, 1.807) is 0 Å². The zero-order valence-electron chi connectivity index (χ0n) is 10.8. The lowest BCUT2D eigenvalue weighted by molar-refractivity contribution is 0.103. The van der Waals surface area contributed by atoms with Crippen molar-refractivity contribution in [3.05, 3.63) is 29.8 Å². The molecule has 2 N–H and O–H groups in total. The van der Waals surface area contributed by atoms with Crippen LogP contribution >= 0.6 is 0 Å². The fourth-order valence-electron chi connectivity index (χ4n) is 1.28. The van der Waals surface area contributed by atoms with Gasteiger partial charge in [0.2, 0.25) is 0 Å². The standard InChI is InChI=1S/C14H23NO/c1-11(14(2,3)4)16-13-7-5-12(6-8-13)9-10-15/h5-8,11H,9-10,15H2,1-4H3. The van der Waals surface area contributed by atoms with E-state index >= 15 is 0 Å². The van der Waals surface area contributed by atoms with Crippen LogP contribution in [0.1, 0.15) is 33.3 Å². The highest BCUT2D eigenvalue weighted by Gasteiger charge is 2.21. The maximum atomic E-state index is 5.88. The van der Waals surface area contributed by atoms with Gasteiger partial charge in [-0.3, -0.25) is 0 Å². The second kappa shape index (κ2) is 5.35. The third kappa shape index (κ3) is 3.86. The van der Waals surface area contributed by atoms with Gasteiger partial charge >= 0.3 is 0 Å². The van der Waals surface area contributed by atoms with Crippen LogP contribution in [0.2, 0.25) is 0 Å². The lowest BCUT2D eigenvalue weighted by atomic mass is 9.90. The summed E-state index contributed by atoms with van der Waals surface area (Å²) in [7, 11) is 0. The first-order chi connectivity index (χ1) is 7.43. The van der Waals surface area contributed by atoms with E-state index in [1.165, 1.54) is 5.56 Å². The summed E-state index contributed by atoms with van der Waals surface area (Å²) in [6.45, 7) is 9.34. The summed E-state index contributed by atoms with van der Waals surface area (Å²) >= 11 is 0. The molecule has 0 amide bonds. The summed E-state index contributed by atoms with van der Waals surface area (Å²) in [4.78, 5) is 0. The Morgan fingerprint density at radius 2 is 1.75 bits per heavy atom. The van der Waals surface area contributed by atoms with Gasteiger partial charge < -0.3 is 10.5 Å². The topological polar surface area (TPSA) is 35.2 Å². The second-order valence-corrected chi connectivity index (χ2v) is 5.31. The van der Waals surface area contributed by atoms with Gasteiger partial charge in [0.05, 0.1) is 0 Å². The van der Waals surface area contributed by atoms with E-state index in [2.05, 4.69) is 39.8 Å². The minimum absolute atomic E-state index is 0.163. The molecule has 16 heavy (non-hydrogen) atoms. The molecule has 0 aliphatic carbocycles. The molecule has 0 spiro atoms. The van der Waals surface area contributed by atoms with Crippen LogP contribution in [0.25, 0.3) is 0 Å². The molecule has 1 atom stereocenters. The van der Waals surface area contributed by atoms with E-state index in [-0.39, 0.29) is 11.5 Å². The molecule has 90 valence electrons. The van der Waals surface area contributed by atoms with Gasteiger partial charge in [0.25, 0.3) is 0 Å². The highest BCUT2D eigenvalue weighted by atomic mass is 16.5. The Morgan fingerprint density at radius 1 is 1.19 bits per heavy atom. The molecule has 1 rings (SSSR count). The van der Waals surface area contributed by atoms with Crippen molar-refractivity contribution in [2.75, 3.05) is 6.54 Å². The molecular formula is C14H23NO. The van der Waals surface area contributed by atoms with E-state index in [4.69, 9.17) is 10.5 Å². The van der Waals surface area contributed by atoms with Crippen molar-refractivity contribution in [3.8, 4) is 5.75 Å². The second-order valence-electron chi connectivity index (χ2n) is 5.31. The first-order valence-corrected chi connectivity index (χ1v) is 5.89. The van der Waals surface area contributed by atoms with Crippen LogP contribution in [0.3, 0.4) is 0 Å². The molecule has 0 aliphatic rings. The maximum absolute atomic E-state index is 5.88. The Kier molecular flexibility index (Phi) is 4.36. The minimum Gasteiger partial charge on any atom is -0.490 e. The van der Waals surface area contributed by atoms with Gasteiger partial charge in [0, 0.05) is 0 Å². The smallest absolute Gasteiger partial charge is 0.119 e. The van der Waals surface area contributed by atoms with Gasteiger partial charge in [0.15, 0.2) is 0 Å². The quantitative estimate of drug-likeness (QED) is 0.848. The van der Waals surface area contributed by atoms with Gasteiger partial charge in [-0.25, -0.2) is 0 Å². The normalized spacial score (nSPS) is 13.6. The number of ether oxygens (including phenoxy) is 1. The molecule has 0 heterocycles. The molecule has 1 aromatic rings. The van der Waals surface area contributed by atoms with Crippen LogP contribution in [0.15, 0.2) is 24.3 Å². The number of nitrogens with two attached hydrogens (primary N) is 1. The molecule has 1 aromatic carbocycles. The van der Waals surface area contributed by atoms with Crippen LogP contribution < -0.4 is 10.5 Å². The third-order valence-corrected chi connectivity index (χ3v) is 2.89. The number of hydrogen-bond donors (Lipinski definition) is 1. The molecule has 0 aliphatic heterocycles. The van der Waals surface area contributed by atoms with Crippen LogP contribution in [0, 0.1) is 5.41 Å². The number of rotatable bonds is 4. The molecule has 1 unspecified atom stereocenters. The summed E-state index contributed by atoms with van der Waals surface area (Å²) in [5.74, 6) is 0.934. The van der Waals surface area contributed by atoms with E-state index < -0.39 is 0 Å². The minimum atomic E-state index is 0.163. The van der Waals surface area contributed by atoms with Gasteiger partial charge in [-0.05, 0) is 43.0 Å². The van der Waals surface area contributed by atoms with Gasteiger partial charge in [-0.15, -0.1) is 0 Å². The largest absolute Gasteiger partial charge is 0.490 e. The lowest BCUT2D eigenvalue weighted by Crippen LogP contribution is -2.28. The fraction of sp³-hybridized carbons (Fsp3) is 0.571. The van der Waals surface area contributed by atoms with E-state index in [0.29, 0.717) is 6.54 Å². The molecule has 0 bridgehead atoms. The highest BCUT2D eigenvalue weighted by Crippen LogP contribution is 2.24. The molecular weight excluding hydrogens is 198 g/mol. The van der Waals surface area contributed by atoms with Gasteiger partial charge in [-0.2, -0.15) is 0 Å². The molecule has 2 nitrogen and oxygen atoms in total.